The number of morpholine rings is 1. The number of imidazole rings is 1. The molecule has 2 heterocycles. The van der Waals surface area contributed by atoms with Gasteiger partial charge in [0, 0.05) is 19.1 Å². The maximum atomic E-state index is 5.74. The zero-order valence-corrected chi connectivity index (χ0v) is 9.72. The van der Waals surface area contributed by atoms with Crippen molar-refractivity contribution in [2.75, 3.05) is 19.7 Å². The largest absolute Gasteiger partial charge is 0.369 e. The second-order valence-electron chi connectivity index (χ2n) is 4.16. The lowest BCUT2D eigenvalue weighted by molar-refractivity contribution is 0.0221. The van der Waals surface area contributed by atoms with Crippen LogP contribution in [0.25, 0.3) is 0 Å². The summed E-state index contributed by atoms with van der Waals surface area (Å²) >= 11 is 0. The van der Waals surface area contributed by atoms with Crippen LogP contribution in [0.15, 0.2) is 25.2 Å². The van der Waals surface area contributed by atoms with Crippen LogP contribution in [0.3, 0.4) is 0 Å². The van der Waals surface area contributed by atoms with Crippen LogP contribution in [-0.4, -0.2) is 29.2 Å². The van der Waals surface area contributed by atoms with Crippen LogP contribution in [0.1, 0.15) is 31.2 Å². The number of nitrogens with one attached hydrogen (secondary N) is 1. The van der Waals surface area contributed by atoms with Gasteiger partial charge in [0.05, 0.1) is 24.8 Å². The third kappa shape index (κ3) is 2.33. The summed E-state index contributed by atoms with van der Waals surface area (Å²) in [4.78, 5) is 4.22. The van der Waals surface area contributed by atoms with Gasteiger partial charge in [0.2, 0.25) is 0 Å². The first-order valence-electron chi connectivity index (χ1n) is 5.78. The summed E-state index contributed by atoms with van der Waals surface area (Å²) in [7, 11) is 0. The third-order valence-corrected chi connectivity index (χ3v) is 2.94. The Hall–Kier alpha value is -1.13. The fraction of sp³-hybridized carbons (Fsp3) is 0.583. The number of allylic oxidation sites excluding steroid dienone is 1. The van der Waals surface area contributed by atoms with E-state index in [1.165, 1.54) is 0 Å². The Morgan fingerprint density at radius 1 is 1.81 bits per heavy atom. The van der Waals surface area contributed by atoms with E-state index in [0.29, 0.717) is 6.04 Å². The van der Waals surface area contributed by atoms with Crippen molar-refractivity contribution in [1.29, 1.82) is 0 Å². The van der Waals surface area contributed by atoms with Crippen molar-refractivity contribution >= 4 is 0 Å². The highest BCUT2D eigenvalue weighted by molar-refractivity contribution is 5.06. The minimum Gasteiger partial charge on any atom is -0.369 e. The Labute approximate surface area is 96.3 Å². The van der Waals surface area contributed by atoms with Gasteiger partial charge in [-0.15, -0.1) is 6.58 Å². The van der Waals surface area contributed by atoms with Gasteiger partial charge in [-0.05, 0) is 13.3 Å². The summed E-state index contributed by atoms with van der Waals surface area (Å²) in [5.74, 6) is 0. The molecule has 0 aliphatic carbocycles. The van der Waals surface area contributed by atoms with Crippen LogP contribution in [0.2, 0.25) is 0 Å². The maximum Gasteiger partial charge on any atom is 0.111 e. The average Bonchev–Trinajstić information content (AvgIpc) is 2.79. The molecule has 1 aromatic heterocycles. The second kappa shape index (κ2) is 5.27. The molecule has 1 aromatic rings. The molecule has 1 aliphatic rings. The molecule has 1 N–H and O–H groups in total. The quantitative estimate of drug-likeness (QED) is 0.786. The van der Waals surface area contributed by atoms with E-state index in [2.05, 4.69) is 28.4 Å². The van der Waals surface area contributed by atoms with Crippen LogP contribution < -0.4 is 5.32 Å². The van der Waals surface area contributed by atoms with E-state index in [-0.39, 0.29) is 6.10 Å². The number of hydrogen-bond donors (Lipinski definition) is 1. The van der Waals surface area contributed by atoms with Crippen molar-refractivity contribution in [3.63, 3.8) is 0 Å². The van der Waals surface area contributed by atoms with E-state index in [1.54, 1.807) is 0 Å². The molecular weight excluding hydrogens is 202 g/mol. The standard InChI is InChI=1S/C12H19N3O/c1-3-4-10(2)15-9-14-7-11(15)12-8-13-5-6-16-12/h3,7,9-10,12-13H,1,4-6,8H2,2H3. The first kappa shape index (κ1) is 11.4. The van der Waals surface area contributed by atoms with E-state index in [0.717, 1.165) is 31.8 Å². The Morgan fingerprint density at radius 3 is 3.38 bits per heavy atom. The molecule has 1 fully saturated rings. The molecule has 2 unspecified atom stereocenters. The molecule has 0 amide bonds. The van der Waals surface area contributed by atoms with E-state index in [4.69, 9.17) is 4.74 Å². The highest BCUT2D eigenvalue weighted by Crippen LogP contribution is 2.23. The molecule has 16 heavy (non-hydrogen) atoms. The molecular formula is C12H19N3O. The van der Waals surface area contributed by atoms with Crippen LogP contribution in [0.4, 0.5) is 0 Å². The molecule has 0 saturated carbocycles. The van der Waals surface area contributed by atoms with Gasteiger partial charge in [0.1, 0.15) is 6.10 Å². The van der Waals surface area contributed by atoms with Gasteiger partial charge in [-0.1, -0.05) is 6.08 Å². The predicted molar refractivity (Wildman–Crippen MR) is 63.3 cm³/mol. The summed E-state index contributed by atoms with van der Waals surface area (Å²) in [5, 5.41) is 3.33. The van der Waals surface area contributed by atoms with Crippen molar-refractivity contribution in [2.45, 2.75) is 25.5 Å². The number of hydrogen-bond acceptors (Lipinski definition) is 3. The minimum atomic E-state index is 0.128. The first-order chi connectivity index (χ1) is 7.83. The molecule has 88 valence electrons. The van der Waals surface area contributed by atoms with Gasteiger partial charge in [-0.2, -0.15) is 0 Å². The molecule has 0 aromatic carbocycles. The fourth-order valence-electron chi connectivity index (χ4n) is 2.04. The predicted octanol–water partition coefficient (Wildman–Crippen LogP) is 1.68. The van der Waals surface area contributed by atoms with Crippen molar-refractivity contribution < 1.29 is 4.74 Å². The van der Waals surface area contributed by atoms with Crippen LogP contribution >= 0.6 is 0 Å². The topological polar surface area (TPSA) is 39.1 Å². The molecule has 2 rings (SSSR count). The highest BCUT2D eigenvalue weighted by atomic mass is 16.5. The van der Waals surface area contributed by atoms with E-state index in [9.17, 15) is 0 Å². The van der Waals surface area contributed by atoms with E-state index in [1.807, 2.05) is 18.6 Å². The molecule has 0 bridgehead atoms. The van der Waals surface area contributed by atoms with Crippen LogP contribution in [0, 0.1) is 0 Å². The van der Waals surface area contributed by atoms with Crippen molar-refractivity contribution in [3.8, 4) is 0 Å². The monoisotopic (exact) mass is 221 g/mol. The number of rotatable bonds is 4. The van der Waals surface area contributed by atoms with Crippen molar-refractivity contribution in [1.82, 2.24) is 14.9 Å². The third-order valence-electron chi connectivity index (χ3n) is 2.94. The molecule has 4 nitrogen and oxygen atoms in total. The SMILES string of the molecule is C=CCC(C)n1cncc1C1CNCCO1. The van der Waals surface area contributed by atoms with Crippen LogP contribution in [0.5, 0.6) is 0 Å². The summed E-state index contributed by atoms with van der Waals surface area (Å²) in [6.07, 6.45) is 6.79. The summed E-state index contributed by atoms with van der Waals surface area (Å²) in [5.41, 5.74) is 1.15. The number of aromatic nitrogens is 2. The fourth-order valence-corrected chi connectivity index (χ4v) is 2.04. The Kier molecular flexibility index (Phi) is 3.74. The van der Waals surface area contributed by atoms with Crippen molar-refractivity contribution in [2.24, 2.45) is 0 Å². The van der Waals surface area contributed by atoms with Crippen molar-refractivity contribution in [3.05, 3.63) is 30.9 Å². The first-order valence-corrected chi connectivity index (χ1v) is 5.78. The second-order valence-corrected chi connectivity index (χ2v) is 4.16. The Bertz CT molecular complexity index is 342. The van der Waals surface area contributed by atoms with E-state index < -0.39 is 0 Å². The Morgan fingerprint density at radius 2 is 2.69 bits per heavy atom. The van der Waals surface area contributed by atoms with Crippen LogP contribution in [-0.2, 0) is 4.74 Å². The normalized spacial score (nSPS) is 22.9. The average molecular weight is 221 g/mol. The van der Waals surface area contributed by atoms with Gasteiger partial charge in [-0.3, -0.25) is 0 Å². The smallest absolute Gasteiger partial charge is 0.111 e. The highest BCUT2D eigenvalue weighted by Gasteiger charge is 2.20. The molecule has 1 saturated heterocycles. The minimum absolute atomic E-state index is 0.128. The molecule has 0 radical (unpaired) electrons. The molecule has 1 aliphatic heterocycles. The molecule has 4 heteroatoms. The van der Waals surface area contributed by atoms with E-state index >= 15 is 0 Å². The van der Waals surface area contributed by atoms with Gasteiger partial charge < -0.3 is 14.6 Å². The van der Waals surface area contributed by atoms with Gasteiger partial charge in [0.15, 0.2) is 0 Å². The lowest BCUT2D eigenvalue weighted by Gasteiger charge is -2.26. The zero-order valence-electron chi connectivity index (χ0n) is 9.72. The summed E-state index contributed by atoms with van der Waals surface area (Å²) in [6, 6.07) is 0.389. The Balaban J connectivity index is 2.13. The van der Waals surface area contributed by atoms with Gasteiger partial charge in [-0.25, -0.2) is 4.98 Å². The lowest BCUT2D eigenvalue weighted by atomic mass is 10.2. The lowest BCUT2D eigenvalue weighted by Crippen LogP contribution is -2.34. The molecule has 0 spiro atoms. The molecule has 2 atom stereocenters. The zero-order chi connectivity index (χ0) is 11.4. The summed E-state index contributed by atoms with van der Waals surface area (Å²) in [6.45, 7) is 8.52. The maximum absolute atomic E-state index is 5.74. The van der Waals surface area contributed by atoms with Gasteiger partial charge >= 0.3 is 0 Å². The number of nitrogens with zero attached hydrogens (tertiary/aromatic N) is 2. The number of ether oxygens (including phenoxy) is 1. The summed E-state index contributed by atoms with van der Waals surface area (Å²) < 4.78 is 7.92. The van der Waals surface area contributed by atoms with Gasteiger partial charge in [0.25, 0.3) is 0 Å².